The van der Waals surface area contributed by atoms with Gasteiger partial charge in [-0.1, -0.05) is 35.5 Å². The van der Waals surface area contributed by atoms with Crippen molar-refractivity contribution in [3.63, 3.8) is 0 Å². The minimum atomic E-state index is -0.102. The van der Waals surface area contributed by atoms with E-state index in [1.165, 1.54) is 11.8 Å². The van der Waals surface area contributed by atoms with Crippen LogP contribution in [0.3, 0.4) is 0 Å². The van der Waals surface area contributed by atoms with E-state index in [4.69, 9.17) is 11.6 Å². The molecule has 1 aliphatic heterocycles. The maximum atomic E-state index is 11.3. The van der Waals surface area contributed by atoms with Crippen LogP contribution in [0.2, 0.25) is 5.02 Å². The molecule has 0 bridgehead atoms. The number of rotatable bonds is 2. The maximum Gasteiger partial charge on any atom is 0.239 e. The lowest BCUT2D eigenvalue weighted by Crippen LogP contribution is -2.23. The molecule has 1 aliphatic rings. The van der Waals surface area contributed by atoms with E-state index in [9.17, 15) is 4.79 Å². The van der Waals surface area contributed by atoms with E-state index in [2.05, 4.69) is 15.5 Å². The van der Waals surface area contributed by atoms with Gasteiger partial charge in [-0.25, -0.2) is 0 Å². The molecule has 1 aromatic carbocycles. The van der Waals surface area contributed by atoms with Gasteiger partial charge in [0.2, 0.25) is 5.91 Å². The number of nitrogens with one attached hydrogen (secondary N) is 1. The summed E-state index contributed by atoms with van der Waals surface area (Å²) in [5.41, 5.74) is 1.72. The molecule has 0 radical (unpaired) electrons. The number of nitrogens with zero attached hydrogens (tertiary/aromatic N) is 2. The van der Waals surface area contributed by atoms with Crippen molar-refractivity contribution in [1.82, 2.24) is 5.32 Å². The third-order valence-corrected chi connectivity index (χ3v) is 3.67. The number of thioether (sulfide) groups is 1. The number of carbonyl (C=O) groups excluding carboxylic acids is 1. The van der Waals surface area contributed by atoms with Gasteiger partial charge in [-0.2, -0.15) is 5.10 Å². The first-order valence-corrected chi connectivity index (χ1v) is 6.68. The molecular formula is C12H12ClN3OS. The van der Waals surface area contributed by atoms with E-state index in [0.29, 0.717) is 10.2 Å². The summed E-state index contributed by atoms with van der Waals surface area (Å²) in [5, 5.41) is 11.9. The van der Waals surface area contributed by atoms with E-state index in [-0.39, 0.29) is 11.2 Å². The zero-order chi connectivity index (χ0) is 13.1. The Bertz CT molecular complexity index is 525. The molecule has 0 aromatic heterocycles. The second-order valence-electron chi connectivity index (χ2n) is 3.85. The van der Waals surface area contributed by atoms with E-state index < -0.39 is 0 Å². The molecule has 1 heterocycles. The van der Waals surface area contributed by atoms with Crippen molar-refractivity contribution < 1.29 is 4.79 Å². The maximum absolute atomic E-state index is 11.3. The van der Waals surface area contributed by atoms with Gasteiger partial charge in [0.1, 0.15) is 0 Å². The summed E-state index contributed by atoms with van der Waals surface area (Å²) in [4.78, 5) is 11.3. The predicted octanol–water partition coefficient (Wildman–Crippen LogP) is 2.67. The van der Waals surface area contributed by atoms with E-state index in [1.807, 2.05) is 26.0 Å². The summed E-state index contributed by atoms with van der Waals surface area (Å²) in [7, 11) is 0. The third-order valence-electron chi connectivity index (χ3n) is 2.44. The summed E-state index contributed by atoms with van der Waals surface area (Å²) >= 11 is 7.19. The molecule has 0 saturated carbocycles. The van der Waals surface area contributed by atoms with Crippen molar-refractivity contribution in [2.24, 2.45) is 10.2 Å². The van der Waals surface area contributed by atoms with Gasteiger partial charge in [-0.3, -0.25) is 4.79 Å². The van der Waals surface area contributed by atoms with Crippen LogP contribution in [0.25, 0.3) is 0 Å². The molecule has 94 valence electrons. The molecule has 6 heteroatoms. The van der Waals surface area contributed by atoms with Crippen molar-refractivity contribution in [3.05, 3.63) is 34.9 Å². The van der Waals surface area contributed by atoms with E-state index >= 15 is 0 Å². The fraction of sp³-hybridized carbons (Fsp3) is 0.250. The molecule has 1 N–H and O–H groups in total. The highest BCUT2D eigenvalue weighted by Crippen LogP contribution is 2.18. The van der Waals surface area contributed by atoms with Crippen molar-refractivity contribution >= 4 is 40.1 Å². The Balaban J connectivity index is 2.12. The molecular weight excluding hydrogens is 270 g/mol. The van der Waals surface area contributed by atoms with Gasteiger partial charge < -0.3 is 5.32 Å². The lowest BCUT2D eigenvalue weighted by Gasteiger charge is -1.98. The van der Waals surface area contributed by atoms with Gasteiger partial charge in [-0.05, 0) is 31.5 Å². The van der Waals surface area contributed by atoms with Crippen LogP contribution in [0, 0.1) is 0 Å². The molecule has 1 atom stereocenters. The first-order valence-electron chi connectivity index (χ1n) is 5.42. The van der Waals surface area contributed by atoms with Crippen LogP contribution in [-0.2, 0) is 4.79 Å². The molecule has 2 rings (SSSR count). The summed E-state index contributed by atoms with van der Waals surface area (Å²) in [6.45, 7) is 3.69. The summed E-state index contributed by atoms with van der Waals surface area (Å²) in [6.07, 6.45) is 0. The third kappa shape index (κ3) is 3.11. The minimum absolute atomic E-state index is 0.0295. The van der Waals surface area contributed by atoms with Crippen molar-refractivity contribution in [2.75, 3.05) is 0 Å². The van der Waals surface area contributed by atoms with Crippen molar-refractivity contribution in [3.8, 4) is 0 Å². The molecule has 1 saturated heterocycles. The topological polar surface area (TPSA) is 53.8 Å². The zero-order valence-electron chi connectivity index (χ0n) is 9.98. The molecule has 0 unspecified atom stereocenters. The first-order chi connectivity index (χ1) is 8.56. The Labute approximate surface area is 115 Å². The Morgan fingerprint density at radius 1 is 1.39 bits per heavy atom. The number of halogens is 1. The van der Waals surface area contributed by atoms with Crippen LogP contribution in [0.4, 0.5) is 0 Å². The molecule has 0 aliphatic carbocycles. The number of carbonyl (C=O) groups is 1. The Morgan fingerprint density at radius 2 is 2.06 bits per heavy atom. The largest absolute Gasteiger partial charge is 0.303 e. The number of hydrogen-bond acceptors (Lipinski definition) is 4. The van der Waals surface area contributed by atoms with Crippen LogP contribution in [-0.4, -0.2) is 22.0 Å². The van der Waals surface area contributed by atoms with Crippen LogP contribution in [0.5, 0.6) is 0 Å². The highest BCUT2D eigenvalue weighted by atomic mass is 35.5. The molecule has 4 nitrogen and oxygen atoms in total. The highest BCUT2D eigenvalue weighted by molar-refractivity contribution is 8.15. The van der Waals surface area contributed by atoms with E-state index in [1.54, 1.807) is 12.1 Å². The SMILES string of the molecule is C/C(=N\N=C1\NC(=O)[C@H](C)S1)c1ccc(Cl)cc1. The Morgan fingerprint density at radius 3 is 2.61 bits per heavy atom. The molecule has 18 heavy (non-hydrogen) atoms. The predicted molar refractivity (Wildman–Crippen MR) is 76.3 cm³/mol. The van der Waals surface area contributed by atoms with Crippen LogP contribution in [0.15, 0.2) is 34.5 Å². The fourth-order valence-electron chi connectivity index (χ4n) is 1.38. The number of amidine groups is 1. The molecule has 1 amide bonds. The van der Waals surface area contributed by atoms with Gasteiger partial charge in [0.25, 0.3) is 0 Å². The van der Waals surface area contributed by atoms with Crippen LogP contribution >= 0.6 is 23.4 Å². The van der Waals surface area contributed by atoms with Gasteiger partial charge in [0.05, 0.1) is 11.0 Å². The average Bonchev–Trinajstić information content (AvgIpc) is 2.67. The smallest absolute Gasteiger partial charge is 0.239 e. The highest BCUT2D eigenvalue weighted by Gasteiger charge is 2.25. The van der Waals surface area contributed by atoms with Crippen LogP contribution in [0.1, 0.15) is 19.4 Å². The summed E-state index contributed by atoms with van der Waals surface area (Å²) < 4.78 is 0. The Kier molecular flexibility index (Phi) is 4.04. The first kappa shape index (κ1) is 13.1. The summed E-state index contributed by atoms with van der Waals surface area (Å²) in [6, 6.07) is 7.36. The zero-order valence-corrected chi connectivity index (χ0v) is 11.5. The quantitative estimate of drug-likeness (QED) is 0.669. The molecule has 1 aromatic rings. The van der Waals surface area contributed by atoms with Crippen molar-refractivity contribution in [2.45, 2.75) is 19.1 Å². The number of benzene rings is 1. The lowest BCUT2D eigenvalue weighted by atomic mass is 10.1. The molecule has 0 spiro atoms. The number of hydrogen-bond donors (Lipinski definition) is 1. The summed E-state index contributed by atoms with van der Waals surface area (Å²) in [5.74, 6) is -0.0295. The second kappa shape index (κ2) is 5.54. The van der Waals surface area contributed by atoms with Crippen LogP contribution < -0.4 is 5.32 Å². The monoisotopic (exact) mass is 281 g/mol. The lowest BCUT2D eigenvalue weighted by molar-refractivity contribution is -0.118. The Hall–Kier alpha value is -1.33. The van der Waals surface area contributed by atoms with Crippen molar-refractivity contribution in [1.29, 1.82) is 0 Å². The van der Waals surface area contributed by atoms with Gasteiger partial charge in [0.15, 0.2) is 5.17 Å². The molecule has 1 fully saturated rings. The number of amides is 1. The van der Waals surface area contributed by atoms with Gasteiger partial charge in [0, 0.05) is 5.02 Å². The normalized spacial score (nSPS) is 22.4. The second-order valence-corrected chi connectivity index (χ2v) is 5.61. The standard InChI is InChI=1S/C12H12ClN3OS/c1-7(9-3-5-10(13)6-4-9)15-16-12-14-11(17)8(2)18-12/h3-6,8H,1-2H3,(H,14,16,17)/b15-7+/t8-/m0/s1. The van der Waals surface area contributed by atoms with Gasteiger partial charge in [-0.15, -0.1) is 5.10 Å². The average molecular weight is 282 g/mol. The van der Waals surface area contributed by atoms with Gasteiger partial charge >= 0.3 is 0 Å². The fourth-order valence-corrected chi connectivity index (χ4v) is 2.25. The van der Waals surface area contributed by atoms with E-state index in [0.717, 1.165) is 11.3 Å². The minimum Gasteiger partial charge on any atom is -0.303 e.